The molecule has 0 saturated carbocycles. The van der Waals surface area contributed by atoms with Gasteiger partial charge < -0.3 is 5.32 Å². The molecule has 0 fully saturated rings. The van der Waals surface area contributed by atoms with Gasteiger partial charge in [0.05, 0.1) is 18.0 Å². The van der Waals surface area contributed by atoms with Crippen LogP contribution in [-0.2, 0) is 14.8 Å². The minimum Gasteiger partial charge on any atom is -0.348 e. The Bertz CT molecular complexity index is 977. The number of nitrogens with one attached hydrogen (secondary N) is 1. The summed E-state index contributed by atoms with van der Waals surface area (Å²) in [5.74, 6) is -0.335. The zero-order chi connectivity index (χ0) is 21.2. The molecule has 2 aromatic rings. The van der Waals surface area contributed by atoms with E-state index in [-0.39, 0.29) is 18.5 Å². The molecule has 0 heterocycles. The first kappa shape index (κ1) is 22.0. The number of anilines is 1. The van der Waals surface area contributed by atoms with Crippen molar-refractivity contribution in [1.82, 2.24) is 5.32 Å². The van der Waals surface area contributed by atoms with E-state index in [9.17, 15) is 13.2 Å². The summed E-state index contributed by atoms with van der Waals surface area (Å²) in [4.78, 5) is 12.7. The van der Waals surface area contributed by atoms with Gasteiger partial charge in [0, 0.05) is 0 Å². The van der Waals surface area contributed by atoms with Crippen molar-refractivity contribution in [2.75, 3.05) is 17.1 Å². The summed E-state index contributed by atoms with van der Waals surface area (Å²) in [7, 11) is -3.61. The molecule has 28 heavy (non-hydrogen) atoms. The first-order chi connectivity index (χ1) is 12.9. The average molecular weight is 403 g/mol. The van der Waals surface area contributed by atoms with Crippen molar-refractivity contribution in [3.05, 3.63) is 63.7 Å². The van der Waals surface area contributed by atoms with Crippen LogP contribution in [0.3, 0.4) is 0 Å². The molecule has 0 aliphatic heterocycles. The largest absolute Gasteiger partial charge is 0.348 e. The van der Waals surface area contributed by atoms with Gasteiger partial charge in [-0.3, -0.25) is 9.10 Å². The highest BCUT2D eigenvalue weighted by Gasteiger charge is 2.24. The van der Waals surface area contributed by atoms with Crippen LogP contribution in [0, 0.1) is 34.6 Å². The Kier molecular flexibility index (Phi) is 6.55. The summed E-state index contributed by atoms with van der Waals surface area (Å²) < 4.78 is 26.0. The summed E-state index contributed by atoms with van der Waals surface area (Å²) in [5.41, 5.74) is 6.70. The van der Waals surface area contributed by atoms with Crippen molar-refractivity contribution in [1.29, 1.82) is 0 Å². The monoisotopic (exact) mass is 402 g/mol. The highest BCUT2D eigenvalue weighted by atomic mass is 32.2. The van der Waals surface area contributed by atoms with Gasteiger partial charge in [-0.15, -0.1) is 0 Å². The lowest BCUT2D eigenvalue weighted by atomic mass is 9.96. The molecule has 0 aromatic heterocycles. The van der Waals surface area contributed by atoms with Crippen molar-refractivity contribution in [3.8, 4) is 0 Å². The Morgan fingerprint density at radius 2 is 1.50 bits per heavy atom. The van der Waals surface area contributed by atoms with Crippen molar-refractivity contribution in [2.45, 2.75) is 47.6 Å². The van der Waals surface area contributed by atoms with E-state index in [1.54, 1.807) is 0 Å². The first-order valence-electron chi connectivity index (χ1n) is 9.33. The fourth-order valence-electron chi connectivity index (χ4n) is 3.51. The molecule has 0 saturated heterocycles. The molecule has 2 rings (SSSR count). The van der Waals surface area contributed by atoms with Crippen LogP contribution in [0.4, 0.5) is 5.69 Å². The molecule has 0 aliphatic carbocycles. The average Bonchev–Trinajstić information content (AvgIpc) is 2.56. The fourth-order valence-corrected chi connectivity index (χ4v) is 4.48. The number of nitrogens with zero attached hydrogens (tertiary/aromatic N) is 1. The van der Waals surface area contributed by atoms with E-state index in [0.29, 0.717) is 5.69 Å². The predicted octanol–water partition coefficient (Wildman–Crippen LogP) is 3.87. The minimum absolute atomic E-state index is 0.217. The van der Waals surface area contributed by atoms with Crippen LogP contribution in [0.2, 0.25) is 0 Å². The molecular formula is C22H30N2O3S. The number of para-hydroxylation sites is 1. The zero-order valence-electron chi connectivity index (χ0n) is 17.8. The molecule has 152 valence electrons. The number of amides is 1. The number of hydrogen-bond donors (Lipinski definition) is 1. The van der Waals surface area contributed by atoms with Crippen LogP contribution in [0.25, 0.3) is 0 Å². The van der Waals surface area contributed by atoms with Crippen LogP contribution in [0.5, 0.6) is 0 Å². The van der Waals surface area contributed by atoms with Gasteiger partial charge in [-0.05, 0) is 74.9 Å². The fraction of sp³-hybridized carbons (Fsp3) is 0.409. The van der Waals surface area contributed by atoms with Gasteiger partial charge in [-0.25, -0.2) is 8.42 Å². The minimum atomic E-state index is -3.61. The Hall–Kier alpha value is -2.34. The van der Waals surface area contributed by atoms with Crippen molar-refractivity contribution < 1.29 is 13.2 Å². The van der Waals surface area contributed by atoms with Gasteiger partial charge in [0.25, 0.3) is 0 Å². The molecule has 1 atom stereocenters. The maximum Gasteiger partial charge on any atom is 0.241 e. The number of sulfonamides is 1. The number of benzene rings is 2. The lowest BCUT2D eigenvalue weighted by Crippen LogP contribution is -2.41. The number of hydrogen-bond acceptors (Lipinski definition) is 3. The molecule has 6 heteroatoms. The number of carbonyl (C=O) groups is 1. The van der Waals surface area contributed by atoms with Crippen molar-refractivity contribution >= 4 is 21.6 Å². The van der Waals surface area contributed by atoms with Crippen LogP contribution >= 0.6 is 0 Å². The van der Waals surface area contributed by atoms with Crippen LogP contribution in [-0.4, -0.2) is 27.1 Å². The third-order valence-electron chi connectivity index (χ3n) is 5.10. The van der Waals surface area contributed by atoms with Crippen LogP contribution < -0.4 is 9.62 Å². The second kappa shape index (κ2) is 8.35. The molecule has 0 radical (unpaired) electrons. The molecule has 1 unspecified atom stereocenters. The number of aryl methyl sites for hydroxylation is 5. The van der Waals surface area contributed by atoms with Crippen molar-refractivity contribution in [3.63, 3.8) is 0 Å². The van der Waals surface area contributed by atoms with E-state index < -0.39 is 10.0 Å². The third kappa shape index (κ3) is 4.93. The van der Waals surface area contributed by atoms with E-state index in [1.165, 1.54) is 9.87 Å². The van der Waals surface area contributed by atoms with Gasteiger partial charge in [0.15, 0.2) is 0 Å². The maximum absolute atomic E-state index is 12.7. The number of carbonyl (C=O) groups excluding carboxylic acids is 1. The normalized spacial score (nSPS) is 12.5. The van der Waals surface area contributed by atoms with E-state index in [2.05, 4.69) is 24.4 Å². The maximum atomic E-state index is 12.7. The Morgan fingerprint density at radius 1 is 0.964 bits per heavy atom. The molecule has 0 bridgehead atoms. The standard InChI is InChI=1S/C22H30N2O3S/c1-14-9-8-10-15(2)22(14)24(28(7,26)27)13-21(25)23-19(6)20-12-17(4)16(3)11-18(20)5/h8-12,19H,13H2,1-7H3,(H,23,25). The van der Waals surface area contributed by atoms with E-state index in [1.807, 2.05) is 52.8 Å². The summed E-state index contributed by atoms with van der Waals surface area (Å²) in [6.45, 7) is 11.5. The quantitative estimate of drug-likeness (QED) is 0.798. The summed E-state index contributed by atoms with van der Waals surface area (Å²) in [5, 5.41) is 2.95. The molecule has 1 amide bonds. The second-order valence-corrected chi connectivity index (χ2v) is 9.50. The number of rotatable bonds is 6. The Labute approximate surface area is 168 Å². The highest BCUT2D eigenvalue weighted by Crippen LogP contribution is 2.27. The van der Waals surface area contributed by atoms with E-state index in [4.69, 9.17) is 0 Å². The molecular weight excluding hydrogens is 372 g/mol. The van der Waals surface area contributed by atoms with Crippen molar-refractivity contribution in [2.24, 2.45) is 0 Å². The lowest BCUT2D eigenvalue weighted by molar-refractivity contribution is -0.120. The molecule has 0 aliphatic rings. The molecule has 1 N–H and O–H groups in total. The SMILES string of the molecule is Cc1cc(C)c(C(C)NC(=O)CN(c2c(C)cccc2C)S(C)(=O)=O)cc1C. The second-order valence-electron chi connectivity index (χ2n) is 7.59. The Morgan fingerprint density at radius 3 is 2.04 bits per heavy atom. The predicted molar refractivity (Wildman–Crippen MR) is 115 cm³/mol. The smallest absolute Gasteiger partial charge is 0.241 e. The third-order valence-corrected chi connectivity index (χ3v) is 6.22. The van der Waals surface area contributed by atoms with E-state index >= 15 is 0 Å². The highest BCUT2D eigenvalue weighted by molar-refractivity contribution is 7.92. The molecule has 5 nitrogen and oxygen atoms in total. The van der Waals surface area contributed by atoms with Gasteiger partial charge in [-0.1, -0.05) is 30.3 Å². The first-order valence-corrected chi connectivity index (χ1v) is 11.2. The van der Waals surface area contributed by atoms with Gasteiger partial charge in [0.2, 0.25) is 15.9 Å². The van der Waals surface area contributed by atoms with Gasteiger partial charge in [0.1, 0.15) is 6.54 Å². The topological polar surface area (TPSA) is 66.5 Å². The summed E-state index contributed by atoms with van der Waals surface area (Å²) in [6, 6.07) is 9.53. The lowest BCUT2D eigenvalue weighted by Gasteiger charge is -2.26. The summed E-state index contributed by atoms with van der Waals surface area (Å²) in [6.07, 6.45) is 1.13. The zero-order valence-corrected chi connectivity index (χ0v) is 18.6. The molecule has 0 spiro atoms. The van der Waals surface area contributed by atoms with Crippen LogP contribution in [0.15, 0.2) is 30.3 Å². The summed E-state index contributed by atoms with van der Waals surface area (Å²) >= 11 is 0. The Balaban J connectivity index is 2.27. The van der Waals surface area contributed by atoms with E-state index in [0.717, 1.165) is 34.1 Å². The van der Waals surface area contributed by atoms with Gasteiger partial charge in [-0.2, -0.15) is 0 Å². The molecule has 2 aromatic carbocycles. The van der Waals surface area contributed by atoms with Crippen LogP contribution in [0.1, 0.15) is 46.3 Å². The van der Waals surface area contributed by atoms with Gasteiger partial charge >= 0.3 is 0 Å².